The molecule has 2 rings (SSSR count). The third kappa shape index (κ3) is 2.07. The third-order valence-electron chi connectivity index (χ3n) is 1.87. The number of hydrogen-bond donors (Lipinski definition) is 2. The molecule has 2 N–H and O–H groups in total. The van der Waals surface area contributed by atoms with Crippen LogP contribution in [0.2, 0.25) is 0 Å². The molecule has 1 aromatic carbocycles. The predicted octanol–water partition coefficient (Wildman–Crippen LogP) is 2.36. The number of halogens is 2. The maximum absolute atomic E-state index is 9.05. The number of hydrogen-bond acceptors (Lipinski definition) is 4. The summed E-state index contributed by atoms with van der Waals surface area (Å²) in [6, 6.07) is 9.32. The van der Waals surface area contributed by atoms with Gasteiger partial charge in [0.05, 0.1) is 5.57 Å². The van der Waals surface area contributed by atoms with Gasteiger partial charge in [-0.05, 0) is 5.56 Å². The molecule has 0 amide bonds. The van der Waals surface area contributed by atoms with Crippen LogP contribution in [0.25, 0.3) is 5.57 Å². The molecule has 0 atom stereocenters. The van der Waals surface area contributed by atoms with Gasteiger partial charge in [0, 0.05) is 0 Å². The fraction of sp³-hybridized carbons (Fsp3) is 0. The second kappa shape index (κ2) is 4.10. The Morgan fingerprint density at radius 2 is 1.87 bits per heavy atom. The summed E-state index contributed by atoms with van der Waals surface area (Å²) in [6.07, 6.45) is 0. The number of hydrazone groups is 1. The molecule has 15 heavy (non-hydrogen) atoms. The molecule has 1 aliphatic rings. The van der Waals surface area contributed by atoms with Crippen LogP contribution >= 0.6 is 23.2 Å². The van der Waals surface area contributed by atoms with Crippen molar-refractivity contribution >= 4 is 33.9 Å². The van der Waals surface area contributed by atoms with Crippen LogP contribution in [0.5, 0.6) is 0 Å². The van der Waals surface area contributed by atoms with Crippen LogP contribution in [0, 0.1) is 0 Å². The minimum absolute atomic E-state index is 0.132. The van der Waals surface area contributed by atoms with Gasteiger partial charge < -0.3 is 0 Å². The smallest absolute Gasteiger partial charge is 0.164 e. The first-order chi connectivity index (χ1) is 7.18. The SMILES string of the molecule is ON1N=C(Cl)C(c2ccccc2)=C(Cl)N1. The van der Waals surface area contributed by atoms with E-state index >= 15 is 0 Å². The first-order valence-electron chi connectivity index (χ1n) is 4.14. The summed E-state index contributed by atoms with van der Waals surface area (Å²) in [5.74, 6) is 0. The van der Waals surface area contributed by atoms with Crippen LogP contribution in [0.1, 0.15) is 5.56 Å². The van der Waals surface area contributed by atoms with Gasteiger partial charge in [0.2, 0.25) is 0 Å². The van der Waals surface area contributed by atoms with Crippen molar-refractivity contribution in [2.75, 3.05) is 0 Å². The third-order valence-corrected chi connectivity index (χ3v) is 2.41. The molecule has 6 heteroatoms. The summed E-state index contributed by atoms with van der Waals surface area (Å²) < 4.78 is 0. The molecule has 1 aliphatic heterocycles. The van der Waals surface area contributed by atoms with Crippen molar-refractivity contribution in [3.63, 3.8) is 0 Å². The average Bonchev–Trinajstić information content (AvgIpc) is 2.17. The maximum atomic E-state index is 9.05. The fourth-order valence-corrected chi connectivity index (χ4v) is 1.84. The Bertz CT molecular complexity index is 430. The summed E-state index contributed by atoms with van der Waals surface area (Å²) in [5, 5.41) is 13.5. The Morgan fingerprint density at radius 3 is 2.47 bits per heavy atom. The van der Waals surface area contributed by atoms with Gasteiger partial charge in [-0.25, -0.2) is 5.43 Å². The van der Waals surface area contributed by atoms with Crippen molar-refractivity contribution < 1.29 is 5.21 Å². The van der Waals surface area contributed by atoms with Crippen LogP contribution in [-0.4, -0.2) is 15.7 Å². The quantitative estimate of drug-likeness (QED) is 0.745. The van der Waals surface area contributed by atoms with Gasteiger partial charge in [-0.2, -0.15) is 0 Å². The molecule has 0 spiro atoms. The Balaban J connectivity index is 2.46. The molecule has 0 saturated heterocycles. The first kappa shape index (κ1) is 10.3. The van der Waals surface area contributed by atoms with E-state index in [0.29, 0.717) is 10.9 Å². The number of hydrazine groups is 1. The van der Waals surface area contributed by atoms with Gasteiger partial charge in [-0.1, -0.05) is 58.8 Å². The van der Waals surface area contributed by atoms with Crippen molar-refractivity contribution in [1.29, 1.82) is 0 Å². The average molecular weight is 244 g/mol. The zero-order chi connectivity index (χ0) is 10.8. The van der Waals surface area contributed by atoms with Crippen molar-refractivity contribution in [2.45, 2.75) is 0 Å². The Morgan fingerprint density at radius 1 is 1.20 bits per heavy atom. The van der Waals surface area contributed by atoms with E-state index in [1.54, 1.807) is 0 Å². The molecular formula is C9H7Cl2N3O. The minimum Gasteiger partial charge on any atom is -0.253 e. The van der Waals surface area contributed by atoms with E-state index in [4.69, 9.17) is 28.4 Å². The lowest BCUT2D eigenvalue weighted by Crippen LogP contribution is -2.33. The van der Waals surface area contributed by atoms with Crippen LogP contribution in [-0.2, 0) is 0 Å². The van der Waals surface area contributed by atoms with E-state index < -0.39 is 0 Å². The summed E-state index contributed by atoms with van der Waals surface area (Å²) in [7, 11) is 0. The molecule has 1 heterocycles. The van der Waals surface area contributed by atoms with Gasteiger partial charge in [-0.3, -0.25) is 5.21 Å². The largest absolute Gasteiger partial charge is 0.253 e. The highest BCUT2D eigenvalue weighted by molar-refractivity contribution is 6.77. The Labute approximate surface area is 96.3 Å². The number of benzene rings is 1. The maximum Gasteiger partial charge on any atom is 0.164 e. The van der Waals surface area contributed by atoms with Crippen LogP contribution in [0.4, 0.5) is 0 Å². The van der Waals surface area contributed by atoms with Gasteiger partial charge in [-0.15, -0.1) is 5.10 Å². The van der Waals surface area contributed by atoms with E-state index in [2.05, 4.69) is 10.5 Å². The van der Waals surface area contributed by atoms with Crippen molar-refractivity contribution in [3.05, 3.63) is 41.1 Å². The van der Waals surface area contributed by atoms with Crippen molar-refractivity contribution in [3.8, 4) is 0 Å². The molecule has 0 bridgehead atoms. The minimum atomic E-state index is 0.132. The van der Waals surface area contributed by atoms with Crippen LogP contribution in [0.3, 0.4) is 0 Å². The summed E-state index contributed by atoms with van der Waals surface area (Å²) in [5.41, 5.74) is 3.81. The van der Waals surface area contributed by atoms with Gasteiger partial charge in [0.25, 0.3) is 0 Å². The van der Waals surface area contributed by atoms with Crippen LogP contribution in [0.15, 0.2) is 40.6 Å². The Kier molecular flexibility index (Phi) is 2.81. The fourth-order valence-electron chi connectivity index (χ4n) is 1.24. The second-order valence-corrected chi connectivity index (χ2v) is 3.58. The normalized spacial score (nSPS) is 16.2. The second-order valence-electron chi connectivity index (χ2n) is 2.85. The van der Waals surface area contributed by atoms with E-state index in [-0.39, 0.29) is 10.3 Å². The van der Waals surface area contributed by atoms with Crippen molar-refractivity contribution in [1.82, 2.24) is 10.7 Å². The highest BCUT2D eigenvalue weighted by atomic mass is 35.5. The highest BCUT2D eigenvalue weighted by Gasteiger charge is 2.19. The zero-order valence-corrected chi connectivity index (χ0v) is 9.00. The molecule has 4 nitrogen and oxygen atoms in total. The number of rotatable bonds is 1. The van der Waals surface area contributed by atoms with Crippen molar-refractivity contribution in [2.24, 2.45) is 5.10 Å². The molecular weight excluding hydrogens is 237 g/mol. The van der Waals surface area contributed by atoms with E-state index in [1.165, 1.54) is 0 Å². The monoisotopic (exact) mass is 243 g/mol. The standard InChI is InChI=1S/C9H7Cl2N3O/c10-8-7(6-4-2-1-3-5-6)9(11)13-14(15)12-8/h1-5,12,15H. The summed E-state index contributed by atoms with van der Waals surface area (Å²) in [6.45, 7) is 0. The summed E-state index contributed by atoms with van der Waals surface area (Å²) in [4.78, 5) is 0. The van der Waals surface area contributed by atoms with E-state index in [9.17, 15) is 0 Å². The predicted molar refractivity (Wildman–Crippen MR) is 59.3 cm³/mol. The summed E-state index contributed by atoms with van der Waals surface area (Å²) >= 11 is 11.8. The number of nitrogens with zero attached hydrogens (tertiary/aromatic N) is 2. The van der Waals surface area contributed by atoms with E-state index in [0.717, 1.165) is 5.56 Å². The van der Waals surface area contributed by atoms with Crippen LogP contribution < -0.4 is 5.43 Å². The van der Waals surface area contributed by atoms with Gasteiger partial charge >= 0.3 is 0 Å². The lowest BCUT2D eigenvalue weighted by Gasteiger charge is -2.20. The van der Waals surface area contributed by atoms with Gasteiger partial charge in [0.1, 0.15) is 5.16 Å². The molecule has 78 valence electrons. The van der Waals surface area contributed by atoms with Gasteiger partial charge in [0.15, 0.2) is 5.17 Å². The molecule has 0 saturated carbocycles. The van der Waals surface area contributed by atoms with E-state index in [1.807, 2.05) is 30.3 Å². The zero-order valence-electron chi connectivity index (χ0n) is 7.48. The molecule has 0 unspecified atom stereocenters. The lowest BCUT2D eigenvalue weighted by atomic mass is 10.1. The molecule has 0 aliphatic carbocycles. The molecule has 0 radical (unpaired) electrons. The molecule has 0 fully saturated rings. The first-order valence-corrected chi connectivity index (χ1v) is 4.89. The lowest BCUT2D eigenvalue weighted by molar-refractivity contribution is -0.125. The molecule has 0 aromatic heterocycles. The topological polar surface area (TPSA) is 47.9 Å². The number of nitrogens with one attached hydrogen (secondary N) is 1. The highest BCUT2D eigenvalue weighted by Crippen LogP contribution is 2.26. The Hall–Kier alpha value is -1.23. The number of allylic oxidation sites excluding steroid dienone is 1. The molecule has 1 aromatic rings.